The van der Waals surface area contributed by atoms with Crippen LogP contribution in [0.15, 0.2) is 24.3 Å². The highest BCUT2D eigenvalue weighted by molar-refractivity contribution is 6.31. The van der Waals surface area contributed by atoms with E-state index in [1.807, 2.05) is 12.1 Å². The van der Waals surface area contributed by atoms with Gasteiger partial charge in [-0.2, -0.15) is 0 Å². The standard InChI is InChI=1S/C19H28ClN3/c1-5-23(6-2)11-7-8-14(3)21-18-12-15(4)22-19-13-16(20)9-10-17(18)19/h9-10,12-14H,5-8,11H2,1-4H3,(H,21,22)/p+2/t14-/m0/s1. The zero-order valence-electron chi connectivity index (χ0n) is 14.8. The lowest BCUT2D eigenvalue weighted by atomic mass is 10.1. The third-order valence-corrected chi connectivity index (χ3v) is 4.77. The molecule has 0 radical (unpaired) electrons. The van der Waals surface area contributed by atoms with Gasteiger partial charge in [0.2, 0.25) is 5.52 Å². The molecule has 3 N–H and O–H groups in total. The molecule has 0 saturated heterocycles. The molecule has 0 aliphatic rings. The Labute approximate surface area is 145 Å². The van der Waals surface area contributed by atoms with E-state index in [9.17, 15) is 0 Å². The van der Waals surface area contributed by atoms with Crippen molar-refractivity contribution in [2.45, 2.75) is 46.6 Å². The molecule has 0 aliphatic carbocycles. The summed E-state index contributed by atoms with van der Waals surface area (Å²) in [6.07, 6.45) is 2.45. The average molecular weight is 336 g/mol. The van der Waals surface area contributed by atoms with Crippen molar-refractivity contribution in [1.29, 1.82) is 0 Å². The fourth-order valence-electron chi connectivity index (χ4n) is 3.12. The number of rotatable bonds is 8. The predicted octanol–water partition coefficient (Wildman–Crippen LogP) is 3.12. The second-order valence-electron chi connectivity index (χ2n) is 6.45. The third-order valence-electron chi connectivity index (χ3n) is 4.53. The molecule has 0 aliphatic heterocycles. The normalized spacial score (nSPS) is 12.8. The van der Waals surface area contributed by atoms with Gasteiger partial charge >= 0.3 is 0 Å². The summed E-state index contributed by atoms with van der Waals surface area (Å²) in [5, 5.41) is 5.64. The van der Waals surface area contributed by atoms with Gasteiger partial charge in [-0.25, -0.2) is 4.98 Å². The maximum absolute atomic E-state index is 6.11. The molecule has 0 saturated carbocycles. The second-order valence-corrected chi connectivity index (χ2v) is 6.89. The topological polar surface area (TPSA) is 30.6 Å². The van der Waals surface area contributed by atoms with Gasteiger partial charge in [0.25, 0.3) is 0 Å². The van der Waals surface area contributed by atoms with Gasteiger partial charge in [0.1, 0.15) is 0 Å². The summed E-state index contributed by atoms with van der Waals surface area (Å²) in [6, 6.07) is 8.67. The summed E-state index contributed by atoms with van der Waals surface area (Å²) in [4.78, 5) is 5.07. The van der Waals surface area contributed by atoms with E-state index in [1.165, 1.54) is 43.5 Å². The number of aromatic amines is 1. The smallest absolute Gasteiger partial charge is 0.214 e. The van der Waals surface area contributed by atoms with Crippen molar-refractivity contribution in [3.8, 4) is 0 Å². The van der Waals surface area contributed by atoms with Crippen LogP contribution in [0, 0.1) is 6.92 Å². The zero-order valence-corrected chi connectivity index (χ0v) is 15.6. The Hall–Kier alpha value is -1.32. The summed E-state index contributed by atoms with van der Waals surface area (Å²) in [7, 11) is 0. The molecule has 2 aromatic rings. The molecular formula is C19H30ClN3+2. The number of nitrogens with one attached hydrogen (secondary N) is 3. The van der Waals surface area contributed by atoms with Gasteiger partial charge in [-0.3, -0.25) is 0 Å². The Balaban J connectivity index is 2.03. The van der Waals surface area contributed by atoms with Crippen molar-refractivity contribution in [3.05, 3.63) is 35.0 Å². The van der Waals surface area contributed by atoms with Gasteiger partial charge in [-0.05, 0) is 45.7 Å². The number of anilines is 1. The molecule has 1 aromatic heterocycles. The van der Waals surface area contributed by atoms with Crippen molar-refractivity contribution < 1.29 is 9.88 Å². The molecule has 126 valence electrons. The van der Waals surface area contributed by atoms with E-state index in [2.05, 4.69) is 50.1 Å². The van der Waals surface area contributed by atoms with Crippen molar-refractivity contribution >= 4 is 28.2 Å². The van der Waals surface area contributed by atoms with Crippen molar-refractivity contribution in [2.24, 2.45) is 0 Å². The summed E-state index contributed by atoms with van der Waals surface area (Å²) in [6.45, 7) is 12.6. The van der Waals surface area contributed by atoms with E-state index in [0.717, 1.165) is 16.2 Å². The van der Waals surface area contributed by atoms with Gasteiger partial charge in [0, 0.05) is 30.1 Å². The lowest BCUT2D eigenvalue weighted by Gasteiger charge is -2.19. The molecule has 3 nitrogen and oxygen atoms in total. The average Bonchev–Trinajstić information content (AvgIpc) is 2.51. The minimum atomic E-state index is 0.464. The van der Waals surface area contributed by atoms with Crippen molar-refractivity contribution in [2.75, 3.05) is 25.0 Å². The number of hydrogen-bond acceptors (Lipinski definition) is 1. The number of fused-ring (bicyclic) bond motifs is 1. The molecule has 23 heavy (non-hydrogen) atoms. The van der Waals surface area contributed by atoms with Crippen LogP contribution >= 0.6 is 11.6 Å². The Kier molecular flexibility index (Phi) is 6.67. The quantitative estimate of drug-likeness (QED) is 0.763. The molecule has 4 heteroatoms. The van der Waals surface area contributed by atoms with Crippen LogP contribution in [0.2, 0.25) is 5.02 Å². The summed E-state index contributed by atoms with van der Waals surface area (Å²) >= 11 is 6.11. The second kappa shape index (κ2) is 8.51. The first-order chi connectivity index (χ1) is 11.0. The minimum Gasteiger partial charge on any atom is -0.382 e. The number of aromatic nitrogens is 1. The van der Waals surface area contributed by atoms with Crippen LogP contribution in [-0.2, 0) is 0 Å². The molecule has 1 aromatic carbocycles. The fraction of sp³-hybridized carbons (Fsp3) is 0.526. The third kappa shape index (κ3) is 5.08. The SMILES string of the molecule is CC[NH+](CC)CCC[C@H](C)Nc1cc(C)[nH+]c2cc(Cl)ccc12. The van der Waals surface area contributed by atoms with Crippen LogP contribution in [0.25, 0.3) is 10.9 Å². The lowest BCUT2D eigenvalue weighted by Crippen LogP contribution is -3.11. The number of pyridine rings is 1. The van der Waals surface area contributed by atoms with Gasteiger partial charge in [-0.15, -0.1) is 0 Å². The molecule has 0 unspecified atom stereocenters. The molecule has 0 amide bonds. The van der Waals surface area contributed by atoms with Crippen LogP contribution in [0.1, 0.15) is 39.3 Å². The lowest BCUT2D eigenvalue weighted by molar-refractivity contribution is -0.896. The Morgan fingerprint density at radius 3 is 2.65 bits per heavy atom. The van der Waals surface area contributed by atoms with E-state index in [-0.39, 0.29) is 0 Å². The van der Waals surface area contributed by atoms with Crippen LogP contribution in [-0.4, -0.2) is 25.7 Å². The van der Waals surface area contributed by atoms with Crippen molar-refractivity contribution in [3.63, 3.8) is 0 Å². The summed E-state index contributed by atoms with van der Waals surface area (Å²) < 4.78 is 0. The number of aryl methyl sites for hydroxylation is 1. The number of halogens is 1. The van der Waals surface area contributed by atoms with Crippen LogP contribution in [0.3, 0.4) is 0 Å². The molecule has 1 atom stereocenters. The van der Waals surface area contributed by atoms with E-state index in [4.69, 9.17) is 11.6 Å². The Bertz CT molecular complexity index is 633. The highest BCUT2D eigenvalue weighted by Gasteiger charge is 2.12. The molecular weight excluding hydrogens is 306 g/mol. The number of H-pyrrole nitrogens is 1. The highest BCUT2D eigenvalue weighted by Crippen LogP contribution is 2.24. The first kappa shape index (κ1) is 18.0. The van der Waals surface area contributed by atoms with Gasteiger partial charge < -0.3 is 10.2 Å². The van der Waals surface area contributed by atoms with E-state index in [1.54, 1.807) is 4.90 Å². The fourth-order valence-corrected chi connectivity index (χ4v) is 3.29. The summed E-state index contributed by atoms with van der Waals surface area (Å²) in [5.41, 5.74) is 3.41. The van der Waals surface area contributed by atoms with Crippen molar-refractivity contribution in [1.82, 2.24) is 0 Å². The van der Waals surface area contributed by atoms with E-state index < -0.39 is 0 Å². The van der Waals surface area contributed by atoms with Crippen LogP contribution < -0.4 is 15.2 Å². The Morgan fingerprint density at radius 1 is 1.22 bits per heavy atom. The maximum atomic E-state index is 6.11. The minimum absolute atomic E-state index is 0.464. The molecule has 0 fully saturated rings. The number of benzene rings is 1. The predicted molar refractivity (Wildman–Crippen MR) is 99.5 cm³/mol. The molecule has 0 bridgehead atoms. The largest absolute Gasteiger partial charge is 0.382 e. The molecule has 2 rings (SSSR count). The van der Waals surface area contributed by atoms with E-state index >= 15 is 0 Å². The number of hydrogen-bond donors (Lipinski definition) is 2. The first-order valence-corrected chi connectivity index (χ1v) is 9.13. The first-order valence-electron chi connectivity index (χ1n) is 8.75. The van der Waals surface area contributed by atoms with Gasteiger partial charge in [0.15, 0.2) is 5.69 Å². The number of quaternary nitrogens is 1. The van der Waals surface area contributed by atoms with E-state index in [0.29, 0.717) is 6.04 Å². The van der Waals surface area contributed by atoms with Crippen LogP contribution in [0.5, 0.6) is 0 Å². The highest BCUT2D eigenvalue weighted by atomic mass is 35.5. The molecule has 1 heterocycles. The monoisotopic (exact) mass is 335 g/mol. The van der Waals surface area contributed by atoms with Gasteiger partial charge in [-0.1, -0.05) is 11.6 Å². The maximum Gasteiger partial charge on any atom is 0.214 e. The zero-order chi connectivity index (χ0) is 16.8. The summed E-state index contributed by atoms with van der Waals surface area (Å²) in [5.74, 6) is 0. The van der Waals surface area contributed by atoms with Gasteiger partial charge in [0.05, 0.1) is 30.7 Å². The Morgan fingerprint density at radius 2 is 1.96 bits per heavy atom. The van der Waals surface area contributed by atoms with Crippen LogP contribution in [0.4, 0.5) is 5.69 Å². The molecule has 0 spiro atoms.